The summed E-state index contributed by atoms with van der Waals surface area (Å²) >= 11 is 0. The smallest absolute Gasteiger partial charge is 0.417 e. The zero-order valence-electron chi connectivity index (χ0n) is 10.3. The van der Waals surface area contributed by atoms with E-state index in [1.807, 2.05) is 0 Å². The van der Waals surface area contributed by atoms with Gasteiger partial charge in [-0.25, -0.2) is 4.79 Å². The molecule has 7 heteroatoms. The van der Waals surface area contributed by atoms with Crippen molar-refractivity contribution in [2.75, 3.05) is 19.0 Å². The zero-order chi connectivity index (χ0) is 13.8. The van der Waals surface area contributed by atoms with Gasteiger partial charge >= 0.3 is 11.7 Å². The first-order valence-electron chi connectivity index (χ1n) is 5.70. The van der Waals surface area contributed by atoms with Gasteiger partial charge < -0.3 is 19.6 Å². The zero-order valence-corrected chi connectivity index (χ0v) is 10.3. The van der Waals surface area contributed by atoms with E-state index in [1.165, 1.54) is 7.11 Å². The molecule has 0 radical (unpaired) electrons. The van der Waals surface area contributed by atoms with Crippen molar-refractivity contribution in [2.45, 2.75) is 12.5 Å². The highest BCUT2D eigenvalue weighted by Crippen LogP contribution is 2.16. The van der Waals surface area contributed by atoms with E-state index in [0.717, 1.165) is 0 Å². The second-order valence-electron chi connectivity index (χ2n) is 4.04. The van der Waals surface area contributed by atoms with Crippen LogP contribution in [0.5, 0.6) is 0 Å². The molecule has 102 valence electrons. The van der Waals surface area contributed by atoms with Crippen LogP contribution in [0.4, 0.5) is 5.69 Å². The van der Waals surface area contributed by atoms with E-state index in [1.54, 1.807) is 18.2 Å². The summed E-state index contributed by atoms with van der Waals surface area (Å²) in [7, 11) is 1.27. The Bertz CT molecular complexity index is 630. The van der Waals surface area contributed by atoms with Crippen molar-refractivity contribution in [1.29, 1.82) is 0 Å². The Kier molecular flexibility index (Phi) is 3.86. The number of nitrogens with one attached hydrogen (secondary N) is 2. The molecule has 1 heterocycles. The minimum atomic E-state index is -0.846. The van der Waals surface area contributed by atoms with Crippen LogP contribution in [-0.2, 0) is 9.53 Å². The molecule has 0 aliphatic heterocycles. The fourth-order valence-electron chi connectivity index (χ4n) is 1.64. The Morgan fingerprint density at radius 2 is 2.37 bits per heavy atom. The molecule has 1 unspecified atom stereocenters. The number of rotatable bonds is 5. The Labute approximate surface area is 108 Å². The van der Waals surface area contributed by atoms with Gasteiger partial charge in [0.25, 0.3) is 0 Å². The number of fused-ring (bicyclic) bond motifs is 1. The maximum atomic E-state index is 11.0. The molecule has 1 aromatic heterocycles. The van der Waals surface area contributed by atoms with E-state index in [-0.39, 0.29) is 13.0 Å². The summed E-state index contributed by atoms with van der Waals surface area (Å²) in [5.41, 5.74) is 1.71. The number of oxazole rings is 1. The number of aliphatic hydroxyl groups is 1. The summed E-state index contributed by atoms with van der Waals surface area (Å²) < 4.78 is 9.36. The van der Waals surface area contributed by atoms with Crippen molar-refractivity contribution >= 4 is 22.8 Å². The number of aliphatic hydroxyl groups excluding tert-OH is 1. The van der Waals surface area contributed by atoms with Crippen LogP contribution in [0.25, 0.3) is 11.1 Å². The molecule has 19 heavy (non-hydrogen) atoms. The molecule has 3 N–H and O–H groups in total. The first kappa shape index (κ1) is 13.2. The number of aromatic amines is 1. The van der Waals surface area contributed by atoms with Gasteiger partial charge in [-0.2, -0.15) is 0 Å². The van der Waals surface area contributed by atoms with Gasteiger partial charge in [-0.15, -0.1) is 0 Å². The Hall–Kier alpha value is -2.28. The Morgan fingerprint density at radius 3 is 3.11 bits per heavy atom. The number of H-pyrrole nitrogens is 1. The van der Waals surface area contributed by atoms with Gasteiger partial charge in [0.05, 0.1) is 25.2 Å². The van der Waals surface area contributed by atoms with Crippen LogP contribution in [0.2, 0.25) is 0 Å². The average Bonchev–Trinajstić information content (AvgIpc) is 2.75. The maximum Gasteiger partial charge on any atom is 0.417 e. The number of anilines is 1. The standard InChI is InChI=1S/C12H14N2O5/c1-18-11(16)5-8(15)6-13-7-2-3-9-10(4-7)19-12(17)14-9/h2-4,8,13,15H,5-6H2,1H3,(H,14,17). The average molecular weight is 266 g/mol. The fraction of sp³-hybridized carbons (Fsp3) is 0.333. The minimum Gasteiger partial charge on any atom is -0.469 e. The second-order valence-corrected chi connectivity index (χ2v) is 4.04. The summed E-state index contributed by atoms with van der Waals surface area (Å²) in [5.74, 6) is -0.987. The molecule has 2 aromatic rings. The maximum absolute atomic E-state index is 11.0. The first-order valence-corrected chi connectivity index (χ1v) is 5.70. The molecule has 0 fully saturated rings. The van der Waals surface area contributed by atoms with Crippen molar-refractivity contribution in [1.82, 2.24) is 4.98 Å². The molecule has 1 aromatic carbocycles. The number of carbonyl (C=O) groups excluding carboxylic acids is 1. The normalized spacial score (nSPS) is 12.3. The predicted molar refractivity (Wildman–Crippen MR) is 68.0 cm³/mol. The highest BCUT2D eigenvalue weighted by molar-refractivity contribution is 5.76. The molecule has 0 aliphatic rings. The van der Waals surface area contributed by atoms with Crippen LogP contribution >= 0.6 is 0 Å². The highest BCUT2D eigenvalue weighted by atomic mass is 16.5. The summed E-state index contributed by atoms with van der Waals surface area (Å²) in [4.78, 5) is 24.5. The molecule has 0 amide bonds. The third kappa shape index (κ3) is 3.35. The van der Waals surface area contributed by atoms with Crippen molar-refractivity contribution in [3.63, 3.8) is 0 Å². The predicted octanol–water partition coefficient (Wildman–Crippen LogP) is 0.457. The molecular weight excluding hydrogens is 252 g/mol. The van der Waals surface area contributed by atoms with Crippen molar-refractivity contribution in [2.24, 2.45) is 0 Å². The molecule has 2 rings (SSSR count). The van der Waals surface area contributed by atoms with E-state index in [0.29, 0.717) is 16.8 Å². The van der Waals surface area contributed by atoms with Crippen molar-refractivity contribution < 1.29 is 19.1 Å². The summed E-state index contributed by atoms with van der Waals surface area (Å²) in [5, 5.41) is 12.5. The van der Waals surface area contributed by atoms with E-state index < -0.39 is 17.8 Å². The number of hydrogen-bond donors (Lipinski definition) is 3. The molecule has 7 nitrogen and oxygen atoms in total. The van der Waals surface area contributed by atoms with Gasteiger partial charge in [-0.05, 0) is 12.1 Å². The van der Waals surface area contributed by atoms with Gasteiger partial charge in [0.1, 0.15) is 0 Å². The lowest BCUT2D eigenvalue weighted by molar-refractivity contribution is -0.142. The largest absolute Gasteiger partial charge is 0.469 e. The van der Waals surface area contributed by atoms with Gasteiger partial charge in [0, 0.05) is 18.3 Å². The third-order valence-corrected chi connectivity index (χ3v) is 2.59. The van der Waals surface area contributed by atoms with Gasteiger partial charge in [-0.1, -0.05) is 0 Å². The first-order chi connectivity index (χ1) is 9.08. The van der Waals surface area contributed by atoms with E-state index in [2.05, 4.69) is 15.0 Å². The van der Waals surface area contributed by atoms with E-state index in [9.17, 15) is 14.7 Å². The Balaban J connectivity index is 1.97. The lowest BCUT2D eigenvalue weighted by Gasteiger charge is -2.11. The number of benzene rings is 1. The number of ether oxygens (including phenoxy) is 1. The second kappa shape index (κ2) is 5.57. The van der Waals surface area contributed by atoms with Crippen LogP contribution in [0, 0.1) is 0 Å². The fourth-order valence-corrected chi connectivity index (χ4v) is 1.64. The molecule has 0 saturated carbocycles. The van der Waals surface area contributed by atoms with E-state index >= 15 is 0 Å². The monoisotopic (exact) mass is 266 g/mol. The van der Waals surface area contributed by atoms with Gasteiger partial charge in [0.15, 0.2) is 5.58 Å². The van der Waals surface area contributed by atoms with Crippen LogP contribution < -0.4 is 11.1 Å². The van der Waals surface area contributed by atoms with E-state index in [4.69, 9.17) is 4.42 Å². The van der Waals surface area contributed by atoms with Crippen molar-refractivity contribution in [3.8, 4) is 0 Å². The van der Waals surface area contributed by atoms with Gasteiger partial charge in [0.2, 0.25) is 0 Å². The highest BCUT2D eigenvalue weighted by Gasteiger charge is 2.11. The topological polar surface area (TPSA) is 105 Å². The van der Waals surface area contributed by atoms with Crippen LogP contribution in [0.15, 0.2) is 27.4 Å². The minimum absolute atomic E-state index is 0.0784. The van der Waals surface area contributed by atoms with Crippen molar-refractivity contribution in [3.05, 3.63) is 28.7 Å². The number of esters is 1. The molecule has 0 aliphatic carbocycles. The quantitative estimate of drug-likeness (QED) is 0.679. The molecular formula is C12H14N2O5. The number of methoxy groups -OCH3 is 1. The van der Waals surface area contributed by atoms with Gasteiger partial charge in [-0.3, -0.25) is 9.78 Å². The molecule has 0 spiro atoms. The lowest BCUT2D eigenvalue weighted by Crippen LogP contribution is -2.23. The SMILES string of the molecule is COC(=O)CC(O)CNc1ccc2[nH]c(=O)oc2c1. The number of aromatic nitrogens is 1. The number of hydrogen-bond acceptors (Lipinski definition) is 6. The number of carbonyl (C=O) groups is 1. The van der Waals surface area contributed by atoms with Crippen LogP contribution in [0.3, 0.4) is 0 Å². The summed E-state index contributed by atoms with van der Waals surface area (Å²) in [6.07, 6.45) is -0.924. The molecule has 0 saturated heterocycles. The molecule has 0 bridgehead atoms. The summed E-state index contributed by atoms with van der Waals surface area (Å²) in [6, 6.07) is 5.06. The summed E-state index contributed by atoms with van der Waals surface area (Å²) in [6.45, 7) is 0.190. The van der Waals surface area contributed by atoms with Crippen LogP contribution in [0.1, 0.15) is 6.42 Å². The third-order valence-electron chi connectivity index (χ3n) is 2.59. The molecule has 1 atom stereocenters. The Morgan fingerprint density at radius 1 is 1.58 bits per heavy atom. The lowest BCUT2D eigenvalue weighted by atomic mass is 10.2. The van der Waals surface area contributed by atoms with Crippen LogP contribution in [-0.4, -0.2) is 35.8 Å².